The lowest BCUT2D eigenvalue weighted by molar-refractivity contribution is 0.198. The van der Waals surface area contributed by atoms with E-state index < -0.39 is 0 Å². The average Bonchev–Trinajstić information content (AvgIpc) is 3.08. The molecule has 0 radical (unpaired) electrons. The third-order valence-electron chi connectivity index (χ3n) is 3.63. The van der Waals surface area contributed by atoms with Gasteiger partial charge >= 0.3 is 0 Å². The van der Waals surface area contributed by atoms with Gasteiger partial charge < -0.3 is 4.74 Å². The summed E-state index contributed by atoms with van der Waals surface area (Å²) >= 11 is 7.03. The van der Waals surface area contributed by atoms with E-state index in [0.29, 0.717) is 0 Å². The highest BCUT2D eigenvalue weighted by molar-refractivity contribution is 9.10. The Morgan fingerprint density at radius 3 is 1.65 bits per heavy atom. The molecule has 104 valence electrons. The summed E-state index contributed by atoms with van der Waals surface area (Å²) in [7, 11) is 0. The number of benzene rings is 2. The maximum atomic E-state index is 4.94. The second kappa shape index (κ2) is 6.42. The van der Waals surface area contributed by atoms with Gasteiger partial charge in [0, 0.05) is 22.2 Å². The summed E-state index contributed by atoms with van der Waals surface area (Å²) in [6.07, 6.45) is 3.60. The van der Waals surface area contributed by atoms with E-state index in [1.807, 2.05) is 0 Å². The summed E-state index contributed by atoms with van der Waals surface area (Å²) in [5.41, 5.74) is 5.58. The normalized spacial score (nSPS) is 15.3. The molecule has 2 aromatic carbocycles. The van der Waals surface area contributed by atoms with Crippen LogP contribution in [0.4, 0.5) is 0 Å². The van der Waals surface area contributed by atoms with Gasteiger partial charge in [-0.3, -0.25) is 0 Å². The van der Waals surface area contributed by atoms with Crippen LogP contribution < -0.4 is 0 Å². The molecule has 0 aromatic heterocycles. The van der Waals surface area contributed by atoms with Crippen molar-refractivity contribution in [3.8, 4) is 11.1 Å². The van der Waals surface area contributed by atoms with Crippen molar-refractivity contribution < 1.29 is 4.74 Å². The summed E-state index contributed by atoms with van der Waals surface area (Å²) < 4.78 is 7.27. The molecule has 0 amide bonds. The fraction of sp³-hybridized carbons (Fsp3) is 0.294. The third kappa shape index (κ3) is 3.16. The van der Waals surface area contributed by atoms with Gasteiger partial charge in [0.05, 0.1) is 0 Å². The minimum Gasteiger partial charge on any atom is -0.381 e. The van der Waals surface area contributed by atoms with Crippen molar-refractivity contribution in [1.29, 1.82) is 0 Å². The van der Waals surface area contributed by atoms with Crippen LogP contribution in [0.25, 0.3) is 11.1 Å². The quantitative estimate of drug-likeness (QED) is 0.482. The lowest BCUT2D eigenvalue weighted by Crippen LogP contribution is -1.79. The molecule has 20 heavy (non-hydrogen) atoms. The molecule has 0 saturated carbocycles. The van der Waals surface area contributed by atoms with Crippen LogP contribution >= 0.6 is 31.9 Å². The summed E-state index contributed by atoms with van der Waals surface area (Å²) in [6, 6.07) is 13.0. The smallest absolute Gasteiger partial charge is 0.0466 e. The van der Waals surface area contributed by atoms with Crippen molar-refractivity contribution in [3.63, 3.8) is 0 Å². The molecule has 1 heterocycles. The summed E-state index contributed by atoms with van der Waals surface area (Å²) in [5.74, 6) is 0. The number of fused-ring (bicyclic) bond motifs is 3. The predicted molar refractivity (Wildman–Crippen MR) is 90.1 cm³/mol. The van der Waals surface area contributed by atoms with Gasteiger partial charge in [-0.1, -0.05) is 44.0 Å². The number of hydrogen-bond donors (Lipinski definition) is 0. The summed E-state index contributed by atoms with van der Waals surface area (Å²) in [5, 5.41) is 0. The number of halogens is 2. The van der Waals surface area contributed by atoms with Gasteiger partial charge in [0.1, 0.15) is 0 Å². The van der Waals surface area contributed by atoms with Gasteiger partial charge in [0.2, 0.25) is 0 Å². The monoisotopic (exact) mass is 394 g/mol. The molecule has 0 N–H and O–H groups in total. The van der Waals surface area contributed by atoms with E-state index in [-0.39, 0.29) is 0 Å². The van der Waals surface area contributed by atoms with E-state index in [9.17, 15) is 0 Å². The fourth-order valence-corrected chi connectivity index (χ4v) is 3.48. The second-order valence-corrected chi connectivity index (χ2v) is 6.93. The largest absolute Gasteiger partial charge is 0.381 e. The first kappa shape index (κ1) is 14.3. The van der Waals surface area contributed by atoms with E-state index in [4.69, 9.17) is 4.74 Å². The topological polar surface area (TPSA) is 9.23 Å². The Balaban J connectivity index is 0.000000205. The molecule has 1 saturated heterocycles. The Labute approximate surface area is 136 Å². The summed E-state index contributed by atoms with van der Waals surface area (Å²) in [6.45, 7) is 2.00. The minimum atomic E-state index is 1.00. The van der Waals surface area contributed by atoms with Crippen LogP contribution in [0.5, 0.6) is 0 Å². The van der Waals surface area contributed by atoms with Crippen LogP contribution in [0.2, 0.25) is 0 Å². The molecule has 0 atom stereocenters. The molecule has 0 unspecified atom stereocenters. The van der Waals surface area contributed by atoms with Gasteiger partial charge in [-0.2, -0.15) is 0 Å². The highest BCUT2D eigenvalue weighted by Gasteiger charge is 2.18. The van der Waals surface area contributed by atoms with Gasteiger partial charge in [0.25, 0.3) is 0 Å². The van der Waals surface area contributed by atoms with Crippen LogP contribution in [0.1, 0.15) is 24.0 Å². The van der Waals surface area contributed by atoms with Gasteiger partial charge in [-0.05, 0) is 65.8 Å². The van der Waals surface area contributed by atoms with Crippen LogP contribution in [0.3, 0.4) is 0 Å². The van der Waals surface area contributed by atoms with Crippen molar-refractivity contribution in [2.75, 3.05) is 13.2 Å². The Morgan fingerprint density at radius 1 is 0.750 bits per heavy atom. The van der Waals surface area contributed by atoms with E-state index in [0.717, 1.165) is 28.6 Å². The third-order valence-corrected chi connectivity index (χ3v) is 4.62. The van der Waals surface area contributed by atoms with E-state index >= 15 is 0 Å². The highest BCUT2D eigenvalue weighted by atomic mass is 79.9. The first-order valence-electron chi connectivity index (χ1n) is 6.89. The zero-order valence-electron chi connectivity index (χ0n) is 11.2. The minimum absolute atomic E-state index is 1.00. The maximum absolute atomic E-state index is 4.94. The highest BCUT2D eigenvalue weighted by Crippen LogP contribution is 2.38. The number of hydrogen-bond acceptors (Lipinski definition) is 1. The lowest BCUT2D eigenvalue weighted by atomic mass is 10.1. The molecular weight excluding hydrogens is 380 g/mol. The molecule has 2 aliphatic rings. The molecule has 3 heteroatoms. The zero-order chi connectivity index (χ0) is 13.9. The van der Waals surface area contributed by atoms with Crippen molar-refractivity contribution >= 4 is 31.9 Å². The van der Waals surface area contributed by atoms with Crippen molar-refractivity contribution in [2.24, 2.45) is 0 Å². The van der Waals surface area contributed by atoms with Gasteiger partial charge in [-0.25, -0.2) is 0 Å². The van der Waals surface area contributed by atoms with Crippen molar-refractivity contribution in [3.05, 3.63) is 56.5 Å². The Morgan fingerprint density at radius 2 is 1.25 bits per heavy atom. The SMILES string of the molecule is Brc1ccc2c(c1)Cc1cc(Br)ccc1-2.C1CCOC1. The average molecular weight is 396 g/mol. The molecule has 0 bridgehead atoms. The molecular formula is C17H16Br2O. The Hall–Kier alpha value is -0.640. The molecule has 2 aromatic rings. The molecule has 1 nitrogen and oxygen atoms in total. The first-order valence-corrected chi connectivity index (χ1v) is 8.47. The lowest BCUT2D eigenvalue weighted by Gasteiger charge is -2.00. The van der Waals surface area contributed by atoms with Crippen LogP contribution in [-0.4, -0.2) is 13.2 Å². The van der Waals surface area contributed by atoms with Crippen molar-refractivity contribution in [2.45, 2.75) is 19.3 Å². The summed E-state index contributed by atoms with van der Waals surface area (Å²) in [4.78, 5) is 0. The van der Waals surface area contributed by atoms with Gasteiger partial charge in [0.15, 0.2) is 0 Å². The first-order chi connectivity index (χ1) is 9.74. The molecule has 4 rings (SSSR count). The standard InChI is InChI=1S/C13H8Br2.C4H8O/c14-10-1-3-12-8(6-10)5-9-7-11(15)2-4-13(9)12;1-2-4-5-3-1/h1-4,6-7H,5H2;1-4H2. The van der Waals surface area contributed by atoms with E-state index in [1.54, 1.807) is 0 Å². The van der Waals surface area contributed by atoms with E-state index in [1.165, 1.54) is 35.1 Å². The zero-order valence-corrected chi connectivity index (χ0v) is 14.3. The second-order valence-electron chi connectivity index (χ2n) is 5.10. The molecule has 0 spiro atoms. The molecule has 1 aliphatic carbocycles. The Kier molecular flexibility index (Phi) is 4.59. The van der Waals surface area contributed by atoms with E-state index in [2.05, 4.69) is 68.3 Å². The van der Waals surface area contributed by atoms with Gasteiger partial charge in [-0.15, -0.1) is 0 Å². The van der Waals surface area contributed by atoms with Crippen LogP contribution in [0, 0.1) is 0 Å². The van der Waals surface area contributed by atoms with Crippen LogP contribution in [-0.2, 0) is 11.2 Å². The predicted octanol–water partition coefficient (Wildman–Crippen LogP) is 5.58. The van der Waals surface area contributed by atoms with Crippen molar-refractivity contribution in [1.82, 2.24) is 0 Å². The van der Waals surface area contributed by atoms with Crippen LogP contribution in [0.15, 0.2) is 45.3 Å². The molecule has 1 fully saturated rings. The Bertz CT molecular complexity index is 561. The number of rotatable bonds is 0. The molecule has 1 aliphatic heterocycles. The fourth-order valence-electron chi connectivity index (χ4n) is 2.66. The maximum Gasteiger partial charge on any atom is 0.0466 e. The number of ether oxygens (including phenoxy) is 1.